The van der Waals surface area contributed by atoms with Crippen LogP contribution in [0.5, 0.6) is 0 Å². The van der Waals surface area contributed by atoms with E-state index in [1.54, 1.807) is 38.2 Å². The van der Waals surface area contributed by atoms with E-state index in [2.05, 4.69) is 0 Å². The lowest BCUT2D eigenvalue weighted by Gasteiger charge is -2.32. The molecule has 5 heteroatoms. The van der Waals surface area contributed by atoms with Crippen LogP contribution in [-0.4, -0.2) is 23.8 Å². The molecule has 0 radical (unpaired) electrons. The van der Waals surface area contributed by atoms with Gasteiger partial charge in [-0.05, 0) is 19.9 Å². The van der Waals surface area contributed by atoms with Gasteiger partial charge in [0.25, 0.3) is 10.1 Å². The first-order chi connectivity index (χ1) is 6.90. The maximum Gasteiger partial charge on any atom is 0.275 e. The van der Waals surface area contributed by atoms with E-state index in [0.717, 1.165) is 0 Å². The standard InChI is InChI=1S/C10H14O4S/c1-3-8-14-10(2)7-5-4-6-9(10)15(11,12)13/h3-9H,1-2H3,(H,11,12,13). The molecule has 0 aliphatic heterocycles. The van der Waals surface area contributed by atoms with Crippen LogP contribution in [0.25, 0.3) is 0 Å². The Morgan fingerprint density at radius 1 is 1.47 bits per heavy atom. The van der Waals surface area contributed by atoms with E-state index < -0.39 is 21.0 Å². The van der Waals surface area contributed by atoms with Crippen LogP contribution in [0.15, 0.2) is 36.6 Å². The molecule has 0 bridgehead atoms. The number of rotatable bonds is 3. The monoisotopic (exact) mass is 230 g/mol. The third-order valence-corrected chi connectivity index (χ3v) is 3.44. The normalized spacial score (nSPS) is 31.0. The summed E-state index contributed by atoms with van der Waals surface area (Å²) in [6.45, 7) is 3.36. The minimum atomic E-state index is -4.16. The van der Waals surface area contributed by atoms with Gasteiger partial charge in [0.2, 0.25) is 0 Å². The highest BCUT2D eigenvalue weighted by Crippen LogP contribution is 2.27. The fourth-order valence-corrected chi connectivity index (χ4v) is 2.43. The maximum atomic E-state index is 11.1. The third kappa shape index (κ3) is 2.70. The van der Waals surface area contributed by atoms with Crippen LogP contribution in [0.2, 0.25) is 0 Å². The molecule has 1 rings (SSSR count). The van der Waals surface area contributed by atoms with E-state index >= 15 is 0 Å². The molecule has 0 spiro atoms. The van der Waals surface area contributed by atoms with E-state index in [-0.39, 0.29) is 0 Å². The number of allylic oxidation sites excluding steroid dienone is 3. The first-order valence-corrected chi connectivity index (χ1v) is 6.02. The Hall–Kier alpha value is -1.07. The lowest BCUT2D eigenvalue weighted by atomic mass is 9.97. The molecule has 15 heavy (non-hydrogen) atoms. The van der Waals surface area contributed by atoms with Gasteiger partial charge in [0.1, 0.15) is 10.9 Å². The highest BCUT2D eigenvalue weighted by molar-refractivity contribution is 7.86. The molecule has 4 nitrogen and oxygen atoms in total. The molecule has 0 saturated carbocycles. The molecule has 2 unspecified atom stereocenters. The van der Waals surface area contributed by atoms with Crippen molar-refractivity contribution in [2.45, 2.75) is 24.7 Å². The summed E-state index contributed by atoms with van der Waals surface area (Å²) in [6.07, 6.45) is 9.31. The van der Waals surface area contributed by atoms with Crippen molar-refractivity contribution in [2.24, 2.45) is 0 Å². The van der Waals surface area contributed by atoms with Crippen LogP contribution in [-0.2, 0) is 14.9 Å². The molecule has 0 aromatic rings. The quantitative estimate of drug-likeness (QED) is 0.591. The summed E-state index contributed by atoms with van der Waals surface area (Å²) in [7, 11) is -4.16. The minimum Gasteiger partial charge on any atom is -0.490 e. The molecule has 0 heterocycles. The SMILES string of the molecule is CC=COC1(C)C=CC=CC1S(=O)(=O)O. The first kappa shape index (κ1) is 12.0. The molecule has 1 N–H and O–H groups in total. The summed E-state index contributed by atoms with van der Waals surface area (Å²) >= 11 is 0. The van der Waals surface area contributed by atoms with Gasteiger partial charge >= 0.3 is 0 Å². The third-order valence-electron chi connectivity index (χ3n) is 2.17. The van der Waals surface area contributed by atoms with Crippen molar-refractivity contribution in [1.82, 2.24) is 0 Å². The number of hydrogen-bond donors (Lipinski definition) is 1. The molecule has 84 valence electrons. The zero-order chi connectivity index (χ0) is 11.5. The summed E-state index contributed by atoms with van der Waals surface area (Å²) in [6, 6.07) is 0. The molecule has 1 aliphatic carbocycles. The predicted octanol–water partition coefficient (Wildman–Crippen LogP) is 1.68. The molecule has 0 amide bonds. The van der Waals surface area contributed by atoms with Gasteiger partial charge in [0.15, 0.2) is 0 Å². The zero-order valence-corrected chi connectivity index (χ0v) is 9.44. The lowest BCUT2D eigenvalue weighted by molar-refractivity contribution is 0.0883. The highest BCUT2D eigenvalue weighted by Gasteiger charge is 2.41. The molecule has 0 aromatic carbocycles. The van der Waals surface area contributed by atoms with Crippen LogP contribution in [0.4, 0.5) is 0 Å². The van der Waals surface area contributed by atoms with Crippen LogP contribution < -0.4 is 0 Å². The maximum absolute atomic E-state index is 11.1. The minimum absolute atomic E-state index is 1.06. The summed E-state index contributed by atoms with van der Waals surface area (Å²) < 4.78 is 36.6. The summed E-state index contributed by atoms with van der Waals surface area (Å²) in [5, 5.41) is -1.08. The molecule has 0 aromatic heterocycles. The van der Waals surface area contributed by atoms with Crippen molar-refractivity contribution in [3.63, 3.8) is 0 Å². The predicted molar refractivity (Wildman–Crippen MR) is 57.9 cm³/mol. The average molecular weight is 230 g/mol. The zero-order valence-electron chi connectivity index (χ0n) is 8.62. The van der Waals surface area contributed by atoms with Crippen LogP contribution in [0.3, 0.4) is 0 Å². The summed E-state index contributed by atoms with van der Waals surface area (Å²) in [5.41, 5.74) is -1.06. The molecular weight excluding hydrogens is 216 g/mol. The van der Waals surface area contributed by atoms with Crippen LogP contribution in [0, 0.1) is 0 Å². The average Bonchev–Trinajstić information content (AvgIpc) is 2.14. The van der Waals surface area contributed by atoms with Crippen molar-refractivity contribution >= 4 is 10.1 Å². The van der Waals surface area contributed by atoms with Gasteiger partial charge in [0, 0.05) is 0 Å². The smallest absolute Gasteiger partial charge is 0.275 e. The van der Waals surface area contributed by atoms with Gasteiger partial charge < -0.3 is 4.74 Å². The van der Waals surface area contributed by atoms with Gasteiger partial charge in [-0.3, -0.25) is 4.55 Å². The molecule has 1 aliphatic rings. The summed E-state index contributed by atoms with van der Waals surface area (Å²) in [5.74, 6) is 0. The largest absolute Gasteiger partial charge is 0.490 e. The van der Waals surface area contributed by atoms with Crippen molar-refractivity contribution < 1.29 is 17.7 Å². The van der Waals surface area contributed by atoms with E-state index in [1.807, 2.05) is 0 Å². The Morgan fingerprint density at radius 2 is 2.13 bits per heavy atom. The van der Waals surface area contributed by atoms with Gasteiger partial charge in [-0.1, -0.05) is 24.3 Å². The fraction of sp³-hybridized carbons (Fsp3) is 0.400. The first-order valence-electron chi connectivity index (χ1n) is 4.51. The van der Waals surface area contributed by atoms with Crippen molar-refractivity contribution in [3.8, 4) is 0 Å². The second-order valence-electron chi connectivity index (χ2n) is 3.45. The highest BCUT2D eigenvalue weighted by atomic mass is 32.2. The Morgan fingerprint density at radius 3 is 2.67 bits per heavy atom. The van der Waals surface area contributed by atoms with Crippen molar-refractivity contribution in [2.75, 3.05) is 0 Å². The van der Waals surface area contributed by atoms with Gasteiger partial charge in [0.05, 0.1) is 6.26 Å². The second kappa shape index (κ2) is 4.20. The van der Waals surface area contributed by atoms with E-state index in [1.165, 1.54) is 12.3 Å². The van der Waals surface area contributed by atoms with Crippen molar-refractivity contribution in [1.29, 1.82) is 0 Å². The Kier molecular flexibility index (Phi) is 3.36. The summed E-state index contributed by atoms with van der Waals surface area (Å²) in [4.78, 5) is 0. The van der Waals surface area contributed by atoms with Crippen molar-refractivity contribution in [3.05, 3.63) is 36.6 Å². The molecule has 0 saturated heterocycles. The molecule has 0 fully saturated rings. The topological polar surface area (TPSA) is 63.6 Å². The lowest BCUT2D eigenvalue weighted by Crippen LogP contribution is -2.43. The van der Waals surface area contributed by atoms with Crippen LogP contribution >= 0.6 is 0 Å². The Balaban J connectivity index is 3.04. The van der Waals surface area contributed by atoms with E-state index in [9.17, 15) is 8.42 Å². The van der Waals surface area contributed by atoms with Gasteiger partial charge in [-0.15, -0.1) is 0 Å². The second-order valence-corrected chi connectivity index (χ2v) is 4.99. The van der Waals surface area contributed by atoms with Gasteiger partial charge in [-0.25, -0.2) is 0 Å². The molecule has 2 atom stereocenters. The number of ether oxygens (including phenoxy) is 1. The number of hydrogen-bond acceptors (Lipinski definition) is 3. The molecular formula is C10H14O4S. The van der Waals surface area contributed by atoms with Crippen LogP contribution in [0.1, 0.15) is 13.8 Å². The fourth-order valence-electron chi connectivity index (χ4n) is 1.41. The van der Waals surface area contributed by atoms with E-state index in [0.29, 0.717) is 0 Å². The Labute approximate surface area is 89.7 Å². The van der Waals surface area contributed by atoms with Gasteiger partial charge in [-0.2, -0.15) is 8.42 Å². The Bertz CT molecular complexity index is 405. The van der Waals surface area contributed by atoms with E-state index in [4.69, 9.17) is 9.29 Å².